The molecule has 0 aliphatic carbocycles. The summed E-state index contributed by atoms with van der Waals surface area (Å²) in [5.41, 5.74) is 2.66. The molecule has 1 fully saturated rings. The first-order chi connectivity index (χ1) is 17.6. The van der Waals surface area contributed by atoms with Crippen LogP contribution in [0.3, 0.4) is 0 Å². The van der Waals surface area contributed by atoms with Gasteiger partial charge < -0.3 is 26.2 Å². The summed E-state index contributed by atoms with van der Waals surface area (Å²) in [6.45, 7) is 11.0. The second-order valence-electron chi connectivity index (χ2n) is 10.6. The van der Waals surface area contributed by atoms with Crippen LogP contribution in [0.2, 0.25) is 0 Å². The van der Waals surface area contributed by atoms with Crippen molar-refractivity contribution < 1.29 is 9.18 Å². The minimum absolute atomic E-state index is 0.0563. The third kappa shape index (κ3) is 7.36. The topological polar surface area (TPSA) is 107 Å². The predicted octanol–water partition coefficient (Wildman–Crippen LogP) is 4.57. The number of anilines is 5. The van der Waals surface area contributed by atoms with Crippen LogP contribution in [0, 0.1) is 18.2 Å². The Hall–Kier alpha value is -3.79. The molecule has 37 heavy (non-hydrogen) atoms. The molecule has 0 spiro atoms. The van der Waals surface area contributed by atoms with E-state index in [1.165, 1.54) is 24.3 Å². The van der Waals surface area contributed by atoms with Gasteiger partial charge in [0.1, 0.15) is 5.82 Å². The second kappa shape index (κ2) is 11.1. The summed E-state index contributed by atoms with van der Waals surface area (Å²) in [6, 6.07) is 11.3. The molecule has 1 aliphatic heterocycles. The van der Waals surface area contributed by atoms with E-state index in [2.05, 4.69) is 57.0 Å². The van der Waals surface area contributed by atoms with Crippen molar-refractivity contribution in [3.8, 4) is 0 Å². The SMILES string of the molecule is Cc1ccc(C(=O)Nc2ccc(F)cc2)cc1Nc1nc(N[C@H]2CCNC2)nc(N(C)CC(C)(C)C)n1. The summed E-state index contributed by atoms with van der Waals surface area (Å²) < 4.78 is 13.2. The van der Waals surface area contributed by atoms with Crippen LogP contribution < -0.4 is 26.2 Å². The van der Waals surface area contributed by atoms with Crippen LogP contribution in [0.1, 0.15) is 43.1 Å². The van der Waals surface area contributed by atoms with Gasteiger partial charge in [0, 0.05) is 43.1 Å². The van der Waals surface area contributed by atoms with Gasteiger partial charge in [-0.15, -0.1) is 0 Å². The Bertz CT molecular complexity index is 1240. The summed E-state index contributed by atoms with van der Waals surface area (Å²) in [5.74, 6) is 0.793. The molecule has 9 nitrogen and oxygen atoms in total. The Kier molecular flexibility index (Phi) is 7.87. The van der Waals surface area contributed by atoms with Crippen molar-refractivity contribution in [2.45, 2.75) is 40.2 Å². The lowest BCUT2D eigenvalue weighted by atomic mass is 9.96. The fourth-order valence-electron chi connectivity index (χ4n) is 4.15. The molecule has 1 atom stereocenters. The van der Waals surface area contributed by atoms with Crippen LogP contribution in [0.15, 0.2) is 42.5 Å². The normalized spacial score (nSPS) is 15.4. The zero-order chi connectivity index (χ0) is 26.6. The average molecular weight is 507 g/mol. The Labute approximate surface area is 217 Å². The Balaban J connectivity index is 1.59. The number of amides is 1. The molecular formula is C27H35FN8O. The molecule has 0 unspecified atom stereocenters. The molecule has 2 aromatic carbocycles. The molecule has 0 saturated carbocycles. The molecule has 4 rings (SSSR count). The molecule has 10 heteroatoms. The molecule has 0 radical (unpaired) electrons. The van der Waals surface area contributed by atoms with Crippen molar-refractivity contribution in [1.82, 2.24) is 20.3 Å². The van der Waals surface area contributed by atoms with E-state index in [-0.39, 0.29) is 23.2 Å². The molecule has 1 saturated heterocycles. The highest BCUT2D eigenvalue weighted by molar-refractivity contribution is 6.05. The fourth-order valence-corrected chi connectivity index (χ4v) is 4.15. The van der Waals surface area contributed by atoms with Crippen LogP contribution in [-0.2, 0) is 0 Å². The van der Waals surface area contributed by atoms with Gasteiger partial charge >= 0.3 is 0 Å². The summed E-state index contributed by atoms with van der Waals surface area (Å²) in [7, 11) is 1.97. The summed E-state index contributed by atoms with van der Waals surface area (Å²) >= 11 is 0. The molecule has 196 valence electrons. The zero-order valence-corrected chi connectivity index (χ0v) is 22.0. The number of carbonyl (C=O) groups excluding carboxylic acids is 1. The van der Waals surface area contributed by atoms with Gasteiger partial charge in [0.05, 0.1) is 0 Å². The van der Waals surface area contributed by atoms with E-state index in [4.69, 9.17) is 0 Å². The van der Waals surface area contributed by atoms with E-state index in [1.807, 2.05) is 24.9 Å². The summed E-state index contributed by atoms with van der Waals surface area (Å²) in [6.07, 6.45) is 0.992. The van der Waals surface area contributed by atoms with Gasteiger partial charge in [0.15, 0.2) is 0 Å². The number of benzene rings is 2. The van der Waals surface area contributed by atoms with Crippen molar-refractivity contribution in [2.24, 2.45) is 5.41 Å². The number of carbonyl (C=O) groups is 1. The second-order valence-corrected chi connectivity index (χ2v) is 10.6. The van der Waals surface area contributed by atoms with Crippen LogP contribution in [0.5, 0.6) is 0 Å². The molecule has 0 bridgehead atoms. The lowest BCUT2D eigenvalue weighted by molar-refractivity contribution is 0.102. The maximum absolute atomic E-state index is 13.2. The lowest BCUT2D eigenvalue weighted by Crippen LogP contribution is -2.31. The number of nitrogens with one attached hydrogen (secondary N) is 4. The van der Waals surface area contributed by atoms with Gasteiger partial charge in [-0.2, -0.15) is 15.0 Å². The number of halogens is 1. The number of hydrogen-bond acceptors (Lipinski definition) is 8. The van der Waals surface area contributed by atoms with Crippen molar-refractivity contribution in [3.63, 3.8) is 0 Å². The van der Waals surface area contributed by atoms with Crippen LogP contribution in [0.4, 0.5) is 33.6 Å². The first kappa shape index (κ1) is 26.3. The largest absolute Gasteiger partial charge is 0.350 e. The monoisotopic (exact) mass is 506 g/mol. The number of aromatic nitrogens is 3. The minimum atomic E-state index is -0.359. The zero-order valence-electron chi connectivity index (χ0n) is 22.0. The van der Waals surface area contributed by atoms with Crippen LogP contribution in [-0.4, -0.2) is 53.6 Å². The maximum Gasteiger partial charge on any atom is 0.255 e. The number of hydrogen-bond donors (Lipinski definition) is 4. The highest BCUT2D eigenvalue weighted by Gasteiger charge is 2.20. The van der Waals surface area contributed by atoms with Gasteiger partial charge in [0.2, 0.25) is 17.8 Å². The van der Waals surface area contributed by atoms with Gasteiger partial charge in [-0.25, -0.2) is 4.39 Å². The van der Waals surface area contributed by atoms with Crippen molar-refractivity contribution in [2.75, 3.05) is 47.5 Å². The highest BCUT2D eigenvalue weighted by Crippen LogP contribution is 2.24. The third-order valence-electron chi connectivity index (χ3n) is 5.92. The molecule has 3 aromatic rings. The van der Waals surface area contributed by atoms with Gasteiger partial charge in [-0.3, -0.25) is 4.79 Å². The van der Waals surface area contributed by atoms with E-state index in [0.29, 0.717) is 34.8 Å². The van der Waals surface area contributed by atoms with Gasteiger partial charge in [-0.05, 0) is 67.3 Å². The summed E-state index contributed by atoms with van der Waals surface area (Å²) in [5, 5.41) is 12.8. The van der Waals surface area contributed by atoms with Crippen LogP contribution >= 0.6 is 0 Å². The first-order valence-corrected chi connectivity index (χ1v) is 12.4. The Morgan fingerprint density at radius 1 is 1.11 bits per heavy atom. The summed E-state index contributed by atoms with van der Waals surface area (Å²) in [4.78, 5) is 28.8. The Morgan fingerprint density at radius 3 is 2.51 bits per heavy atom. The molecule has 2 heterocycles. The maximum atomic E-state index is 13.2. The molecule has 4 N–H and O–H groups in total. The van der Waals surface area contributed by atoms with Crippen molar-refractivity contribution >= 4 is 35.1 Å². The molecule has 1 aromatic heterocycles. The first-order valence-electron chi connectivity index (χ1n) is 12.4. The average Bonchev–Trinajstić information content (AvgIpc) is 3.34. The third-order valence-corrected chi connectivity index (χ3v) is 5.92. The molecular weight excluding hydrogens is 471 g/mol. The van der Waals surface area contributed by atoms with E-state index < -0.39 is 0 Å². The van der Waals surface area contributed by atoms with Crippen molar-refractivity contribution in [3.05, 3.63) is 59.4 Å². The van der Waals surface area contributed by atoms with Gasteiger partial charge in [0.25, 0.3) is 5.91 Å². The van der Waals surface area contributed by atoms with E-state index in [9.17, 15) is 9.18 Å². The number of nitrogens with zero attached hydrogens (tertiary/aromatic N) is 4. The highest BCUT2D eigenvalue weighted by atomic mass is 19.1. The van der Waals surface area contributed by atoms with E-state index in [1.54, 1.807) is 12.1 Å². The van der Waals surface area contributed by atoms with E-state index in [0.717, 1.165) is 31.6 Å². The van der Waals surface area contributed by atoms with Crippen molar-refractivity contribution in [1.29, 1.82) is 0 Å². The van der Waals surface area contributed by atoms with E-state index >= 15 is 0 Å². The smallest absolute Gasteiger partial charge is 0.255 e. The van der Waals surface area contributed by atoms with Crippen LogP contribution in [0.25, 0.3) is 0 Å². The standard InChI is InChI=1S/C27H35FN8O/c1-17-6-7-18(23(37)30-20-10-8-19(28)9-11-20)14-22(17)32-25-33-24(31-21-12-13-29-15-21)34-26(35-25)36(5)16-27(2,3)4/h6-11,14,21,29H,12-13,15-16H2,1-5H3,(H,30,37)(H2,31,32,33,34,35)/t21-/m0/s1. The Morgan fingerprint density at radius 2 is 1.84 bits per heavy atom. The van der Waals surface area contributed by atoms with Gasteiger partial charge in [-0.1, -0.05) is 26.8 Å². The lowest BCUT2D eigenvalue weighted by Gasteiger charge is -2.27. The quantitative estimate of drug-likeness (QED) is 0.352. The molecule has 1 amide bonds. The number of rotatable bonds is 8. The molecule has 1 aliphatic rings. The fraction of sp³-hybridized carbons (Fsp3) is 0.407. The minimum Gasteiger partial charge on any atom is -0.350 e. The predicted molar refractivity (Wildman–Crippen MR) is 146 cm³/mol. The number of aryl methyl sites for hydroxylation is 1.